The quantitative estimate of drug-likeness (QED) is 0.362. The fraction of sp³-hybridized carbons (Fsp3) is 0.211. The minimum absolute atomic E-state index is 0.0796. The number of anilines is 1. The highest BCUT2D eigenvalue weighted by Crippen LogP contribution is 2.38. The molecule has 0 amide bonds. The van der Waals surface area contributed by atoms with Crippen LogP contribution in [0, 0.1) is 0 Å². The maximum absolute atomic E-state index is 11.7. The average Bonchev–Trinajstić information content (AvgIpc) is 2.93. The first kappa shape index (κ1) is 20.9. The van der Waals surface area contributed by atoms with Gasteiger partial charge in [-0.3, -0.25) is 0 Å². The van der Waals surface area contributed by atoms with Gasteiger partial charge in [-0.25, -0.2) is 13.6 Å². The minimum Gasteiger partial charge on any atom is -0.493 e. The van der Waals surface area contributed by atoms with Crippen molar-refractivity contribution >= 4 is 49.6 Å². The van der Waals surface area contributed by atoms with E-state index < -0.39 is 10.0 Å². The number of benzene rings is 2. The Morgan fingerprint density at radius 3 is 2.55 bits per heavy atom. The van der Waals surface area contributed by atoms with Crippen molar-refractivity contribution in [2.45, 2.75) is 31.1 Å². The van der Waals surface area contributed by atoms with Crippen molar-refractivity contribution in [2.24, 2.45) is 15.4 Å². The second-order valence-electron chi connectivity index (χ2n) is 7.50. The first-order chi connectivity index (χ1) is 13.5. The van der Waals surface area contributed by atoms with Gasteiger partial charge < -0.3 is 15.4 Å². The van der Waals surface area contributed by atoms with Crippen molar-refractivity contribution in [3.05, 3.63) is 48.0 Å². The van der Waals surface area contributed by atoms with E-state index in [0.717, 1.165) is 5.56 Å². The molecule has 0 saturated heterocycles. The van der Waals surface area contributed by atoms with Crippen LogP contribution in [0.2, 0.25) is 0 Å². The van der Waals surface area contributed by atoms with E-state index in [2.05, 4.69) is 41.3 Å². The monoisotopic (exact) mass is 431 g/mol. The van der Waals surface area contributed by atoms with Crippen LogP contribution in [0.1, 0.15) is 26.3 Å². The summed E-state index contributed by atoms with van der Waals surface area (Å²) in [5.41, 5.74) is 2.14. The number of aromatic hydroxyl groups is 1. The number of para-hydroxylation sites is 1. The van der Waals surface area contributed by atoms with Crippen molar-refractivity contribution in [3.63, 3.8) is 0 Å². The molecule has 0 aliphatic carbocycles. The molecule has 5 N–H and O–H groups in total. The lowest BCUT2D eigenvalue weighted by Gasteiger charge is -2.18. The standard InChI is InChI=1S/C19H21N5O3S2/c1-19(2,3)11-8-9-13-12(10-11)16(17(25)21-13)23-24-18(28)22-14-6-4-5-7-15(14)29(20,26)27/h4-10,21,25H,1-3H3,(H,22,28)(H2,20,26,27). The van der Waals surface area contributed by atoms with Crippen molar-refractivity contribution in [1.82, 2.24) is 4.98 Å². The zero-order chi connectivity index (χ0) is 21.4. The molecule has 1 heterocycles. The van der Waals surface area contributed by atoms with Crippen molar-refractivity contribution in [2.75, 3.05) is 5.32 Å². The van der Waals surface area contributed by atoms with Crippen LogP contribution in [-0.2, 0) is 15.4 Å². The topological polar surface area (TPSA) is 133 Å². The maximum atomic E-state index is 11.7. The molecule has 0 spiro atoms. The van der Waals surface area contributed by atoms with Gasteiger partial charge in [-0.2, -0.15) is 0 Å². The van der Waals surface area contributed by atoms with E-state index in [1.165, 1.54) is 12.1 Å². The molecule has 2 aromatic carbocycles. The minimum atomic E-state index is -3.93. The Labute approximate surface area is 173 Å². The third-order valence-corrected chi connectivity index (χ3v) is 5.45. The van der Waals surface area contributed by atoms with Gasteiger partial charge in [0.05, 0.1) is 11.2 Å². The van der Waals surface area contributed by atoms with E-state index in [-0.39, 0.29) is 32.7 Å². The van der Waals surface area contributed by atoms with Crippen LogP contribution in [0.5, 0.6) is 5.88 Å². The number of nitrogens with one attached hydrogen (secondary N) is 2. The third kappa shape index (κ3) is 4.61. The molecule has 10 heteroatoms. The molecule has 0 atom stereocenters. The van der Waals surface area contributed by atoms with Crippen LogP contribution in [0.3, 0.4) is 0 Å². The molecule has 0 saturated carbocycles. The summed E-state index contributed by atoms with van der Waals surface area (Å²) in [6.45, 7) is 6.26. The molecular weight excluding hydrogens is 410 g/mol. The zero-order valence-corrected chi connectivity index (χ0v) is 17.7. The number of primary sulfonamides is 1. The molecule has 0 aliphatic heterocycles. The number of aromatic amines is 1. The molecule has 152 valence electrons. The van der Waals surface area contributed by atoms with Gasteiger partial charge in [0.1, 0.15) is 4.90 Å². The third-order valence-electron chi connectivity index (χ3n) is 4.29. The predicted octanol–water partition coefficient (Wildman–Crippen LogP) is 4.30. The number of hydrogen-bond acceptors (Lipinski definition) is 5. The number of rotatable bonds is 3. The molecule has 8 nitrogen and oxygen atoms in total. The van der Waals surface area contributed by atoms with Crippen molar-refractivity contribution in [1.29, 1.82) is 0 Å². The number of nitrogens with zero attached hydrogens (tertiary/aromatic N) is 2. The SMILES string of the molecule is CC(C)(C)c1ccc2[nH]c(O)c(N=NC(=S)Nc3ccccc3S(N)(=O)=O)c2c1. The highest BCUT2D eigenvalue weighted by atomic mass is 32.2. The molecule has 0 unspecified atom stereocenters. The lowest BCUT2D eigenvalue weighted by Crippen LogP contribution is -2.16. The molecule has 0 radical (unpaired) electrons. The summed E-state index contributed by atoms with van der Waals surface area (Å²) in [5, 5.41) is 26.7. The summed E-state index contributed by atoms with van der Waals surface area (Å²) in [4.78, 5) is 2.74. The Bertz CT molecular complexity index is 1220. The summed E-state index contributed by atoms with van der Waals surface area (Å²) in [5.74, 6) is -0.137. The maximum Gasteiger partial charge on any atom is 0.240 e. The Hall–Kier alpha value is -2.82. The average molecular weight is 432 g/mol. The van der Waals surface area contributed by atoms with Gasteiger partial charge in [-0.15, -0.1) is 10.2 Å². The van der Waals surface area contributed by atoms with Gasteiger partial charge in [0.15, 0.2) is 5.69 Å². The molecule has 3 rings (SSSR count). The lowest BCUT2D eigenvalue weighted by atomic mass is 9.86. The summed E-state index contributed by atoms with van der Waals surface area (Å²) in [6, 6.07) is 11.8. The fourth-order valence-electron chi connectivity index (χ4n) is 2.78. The van der Waals surface area contributed by atoms with Gasteiger partial charge in [-0.1, -0.05) is 39.0 Å². The highest BCUT2D eigenvalue weighted by Gasteiger charge is 2.18. The van der Waals surface area contributed by atoms with E-state index in [4.69, 9.17) is 17.4 Å². The smallest absolute Gasteiger partial charge is 0.240 e. The van der Waals surface area contributed by atoms with E-state index in [1.807, 2.05) is 18.2 Å². The number of fused-ring (bicyclic) bond motifs is 1. The second-order valence-corrected chi connectivity index (χ2v) is 9.42. The second kappa shape index (κ2) is 7.54. The lowest BCUT2D eigenvalue weighted by molar-refractivity contribution is 0.459. The molecule has 0 fully saturated rings. The van der Waals surface area contributed by atoms with E-state index in [9.17, 15) is 13.5 Å². The van der Waals surface area contributed by atoms with Gasteiger partial charge in [-0.05, 0) is 47.5 Å². The number of nitrogens with two attached hydrogens (primary N) is 1. The number of sulfonamides is 1. The Kier molecular flexibility index (Phi) is 5.44. The van der Waals surface area contributed by atoms with Crippen LogP contribution in [-0.4, -0.2) is 23.6 Å². The normalized spacial score (nSPS) is 12.6. The highest BCUT2D eigenvalue weighted by molar-refractivity contribution is 7.89. The molecule has 0 aliphatic rings. The zero-order valence-electron chi connectivity index (χ0n) is 16.1. The Morgan fingerprint density at radius 1 is 1.21 bits per heavy atom. The number of aromatic nitrogens is 1. The van der Waals surface area contributed by atoms with Crippen LogP contribution in [0.15, 0.2) is 57.6 Å². The summed E-state index contributed by atoms with van der Waals surface area (Å²) in [6.07, 6.45) is 0. The Morgan fingerprint density at radius 2 is 1.90 bits per heavy atom. The summed E-state index contributed by atoms with van der Waals surface area (Å²) < 4.78 is 23.4. The van der Waals surface area contributed by atoms with Crippen LogP contribution < -0.4 is 10.5 Å². The fourth-order valence-corrected chi connectivity index (χ4v) is 3.63. The molecular formula is C19H21N5O3S2. The Balaban J connectivity index is 1.92. The molecule has 0 bridgehead atoms. The van der Waals surface area contributed by atoms with Crippen molar-refractivity contribution in [3.8, 4) is 5.88 Å². The molecule has 29 heavy (non-hydrogen) atoms. The number of azo groups is 1. The van der Waals surface area contributed by atoms with Gasteiger partial charge in [0.2, 0.25) is 21.0 Å². The summed E-state index contributed by atoms with van der Waals surface area (Å²) >= 11 is 5.14. The predicted molar refractivity (Wildman–Crippen MR) is 117 cm³/mol. The largest absolute Gasteiger partial charge is 0.493 e. The van der Waals surface area contributed by atoms with Gasteiger partial charge in [0, 0.05) is 5.39 Å². The van der Waals surface area contributed by atoms with Crippen molar-refractivity contribution < 1.29 is 13.5 Å². The molecule has 1 aromatic heterocycles. The van der Waals surface area contributed by atoms with E-state index in [0.29, 0.717) is 10.9 Å². The number of hydrogen-bond donors (Lipinski definition) is 4. The van der Waals surface area contributed by atoms with Gasteiger partial charge in [0.25, 0.3) is 0 Å². The molecule has 3 aromatic rings. The summed E-state index contributed by atoms with van der Waals surface area (Å²) in [7, 11) is -3.93. The van der Waals surface area contributed by atoms with Crippen LogP contribution >= 0.6 is 12.2 Å². The first-order valence-corrected chi connectivity index (χ1v) is 10.6. The van der Waals surface area contributed by atoms with E-state index in [1.54, 1.807) is 12.1 Å². The first-order valence-electron chi connectivity index (χ1n) is 8.66. The van der Waals surface area contributed by atoms with Crippen LogP contribution in [0.25, 0.3) is 10.9 Å². The number of H-pyrrole nitrogens is 1. The van der Waals surface area contributed by atoms with Gasteiger partial charge >= 0.3 is 0 Å². The van der Waals surface area contributed by atoms with Crippen LogP contribution in [0.4, 0.5) is 11.4 Å². The number of thiocarbonyl (C=S) groups is 1. The van der Waals surface area contributed by atoms with E-state index >= 15 is 0 Å².